The second-order valence-corrected chi connectivity index (χ2v) is 3.87. The van der Waals surface area contributed by atoms with Crippen LogP contribution in [0.15, 0.2) is 18.2 Å². The summed E-state index contributed by atoms with van der Waals surface area (Å²) in [5, 5.41) is 1.37. The van der Waals surface area contributed by atoms with Gasteiger partial charge >= 0.3 is 0 Å². The minimum absolute atomic E-state index is 1.32. The molecular weight excluding hydrogens is 169 g/mol. The van der Waals surface area contributed by atoms with Crippen molar-refractivity contribution in [3.05, 3.63) is 29.5 Å². The number of nitrogens with zero attached hydrogens (tertiary/aromatic N) is 1. The lowest BCUT2D eigenvalue weighted by Crippen LogP contribution is -2.13. The molecule has 1 aromatic heterocycles. The van der Waals surface area contributed by atoms with E-state index in [0.29, 0.717) is 0 Å². The Bertz CT molecular complexity index is 483. The van der Waals surface area contributed by atoms with Crippen LogP contribution in [-0.2, 0) is 7.05 Å². The van der Waals surface area contributed by atoms with E-state index in [4.69, 9.17) is 0 Å². The summed E-state index contributed by atoms with van der Waals surface area (Å²) in [5.41, 5.74) is 5.35. The Morgan fingerprint density at radius 2 is 1.93 bits per heavy atom. The predicted octanol–water partition coefficient (Wildman–Crippen LogP) is 2.17. The summed E-state index contributed by atoms with van der Waals surface area (Å²) >= 11 is 0. The maximum Gasteiger partial charge on any atom is 0.151 e. The molecule has 0 aliphatic heterocycles. The second kappa shape index (κ2) is 3.20. The molecular formula is C12H15BN. The number of benzene rings is 1. The van der Waals surface area contributed by atoms with Gasteiger partial charge in [-0.1, -0.05) is 30.0 Å². The highest BCUT2D eigenvalue weighted by Gasteiger charge is 2.09. The molecule has 2 rings (SSSR count). The van der Waals surface area contributed by atoms with Gasteiger partial charge < -0.3 is 4.57 Å². The fourth-order valence-electron chi connectivity index (χ4n) is 2.08. The van der Waals surface area contributed by atoms with Crippen molar-refractivity contribution in [1.82, 2.24) is 4.57 Å². The summed E-state index contributed by atoms with van der Waals surface area (Å²) in [5.74, 6) is 0. The lowest BCUT2D eigenvalue weighted by Gasteiger charge is -1.98. The molecule has 14 heavy (non-hydrogen) atoms. The van der Waals surface area contributed by atoms with Crippen molar-refractivity contribution in [2.45, 2.75) is 20.7 Å². The van der Waals surface area contributed by atoms with Crippen LogP contribution >= 0.6 is 0 Å². The molecule has 0 aliphatic carbocycles. The van der Waals surface area contributed by atoms with Gasteiger partial charge in [0.1, 0.15) is 0 Å². The van der Waals surface area contributed by atoms with Gasteiger partial charge in [-0.25, -0.2) is 0 Å². The molecule has 0 fully saturated rings. The first kappa shape index (κ1) is 9.38. The monoisotopic (exact) mass is 184 g/mol. The molecule has 0 atom stereocenters. The first-order valence-electron chi connectivity index (χ1n) is 5.00. The van der Waals surface area contributed by atoms with E-state index in [-0.39, 0.29) is 0 Å². The molecule has 1 radical (unpaired) electrons. The van der Waals surface area contributed by atoms with Crippen LogP contribution in [0.2, 0.25) is 6.82 Å². The molecule has 0 N–H and O–H groups in total. The highest BCUT2D eigenvalue weighted by Crippen LogP contribution is 2.17. The van der Waals surface area contributed by atoms with E-state index >= 15 is 0 Å². The number of hydrogen-bond acceptors (Lipinski definition) is 0. The van der Waals surface area contributed by atoms with E-state index in [1.165, 1.54) is 27.6 Å². The summed E-state index contributed by atoms with van der Waals surface area (Å²) in [6.45, 7) is 6.41. The van der Waals surface area contributed by atoms with Crippen molar-refractivity contribution < 1.29 is 0 Å². The third-order valence-electron chi connectivity index (χ3n) is 2.99. The normalized spacial score (nSPS) is 10.9. The van der Waals surface area contributed by atoms with E-state index in [2.05, 4.69) is 57.8 Å². The van der Waals surface area contributed by atoms with E-state index in [9.17, 15) is 0 Å². The summed E-state index contributed by atoms with van der Waals surface area (Å²) < 4.78 is 2.25. The molecule has 0 saturated heterocycles. The van der Waals surface area contributed by atoms with Crippen molar-refractivity contribution in [3.63, 3.8) is 0 Å². The molecule has 0 bridgehead atoms. The molecule has 0 aliphatic rings. The van der Waals surface area contributed by atoms with Crippen LogP contribution in [0.5, 0.6) is 0 Å². The minimum atomic E-state index is 1.32. The van der Waals surface area contributed by atoms with Gasteiger partial charge in [0.2, 0.25) is 0 Å². The molecule has 2 heteroatoms. The zero-order chi connectivity index (χ0) is 10.3. The molecule has 1 heterocycles. The van der Waals surface area contributed by atoms with Crippen LogP contribution in [0.3, 0.4) is 0 Å². The third-order valence-corrected chi connectivity index (χ3v) is 2.99. The van der Waals surface area contributed by atoms with Gasteiger partial charge in [0.25, 0.3) is 0 Å². The Hall–Kier alpha value is -1.18. The number of rotatable bonds is 1. The third kappa shape index (κ3) is 1.17. The SMILES string of the molecule is C[B]c1c(C)n(C)c2ccc(C)cc12. The van der Waals surface area contributed by atoms with Crippen molar-refractivity contribution >= 4 is 23.6 Å². The van der Waals surface area contributed by atoms with Crippen LogP contribution in [0.25, 0.3) is 10.9 Å². The van der Waals surface area contributed by atoms with Crippen LogP contribution in [0.1, 0.15) is 11.3 Å². The number of aryl methyl sites for hydroxylation is 2. The number of fused-ring (bicyclic) bond motifs is 1. The number of hydrogen-bond donors (Lipinski definition) is 0. The first-order chi connectivity index (χ1) is 6.65. The highest BCUT2D eigenvalue weighted by molar-refractivity contribution is 6.56. The van der Waals surface area contributed by atoms with Gasteiger partial charge in [0.05, 0.1) is 0 Å². The van der Waals surface area contributed by atoms with Gasteiger partial charge in [0.15, 0.2) is 7.28 Å². The lowest BCUT2D eigenvalue weighted by atomic mass is 9.71. The Balaban J connectivity index is 2.89. The fourth-order valence-corrected chi connectivity index (χ4v) is 2.08. The summed E-state index contributed by atoms with van der Waals surface area (Å²) in [4.78, 5) is 0. The Kier molecular flexibility index (Phi) is 2.14. The van der Waals surface area contributed by atoms with Gasteiger partial charge in [-0.3, -0.25) is 0 Å². The van der Waals surface area contributed by atoms with Crippen molar-refractivity contribution in [2.24, 2.45) is 7.05 Å². The first-order valence-corrected chi connectivity index (χ1v) is 5.00. The van der Waals surface area contributed by atoms with Crippen LogP contribution in [0.4, 0.5) is 0 Å². The fraction of sp³-hybridized carbons (Fsp3) is 0.333. The number of aromatic nitrogens is 1. The van der Waals surface area contributed by atoms with Gasteiger partial charge in [-0.05, 0) is 25.3 Å². The topological polar surface area (TPSA) is 4.93 Å². The summed E-state index contributed by atoms with van der Waals surface area (Å²) in [7, 11) is 4.32. The average Bonchev–Trinajstić information content (AvgIpc) is 2.39. The van der Waals surface area contributed by atoms with Gasteiger partial charge in [0, 0.05) is 18.3 Å². The molecule has 1 aromatic carbocycles. The Morgan fingerprint density at radius 3 is 2.57 bits per heavy atom. The highest BCUT2D eigenvalue weighted by atomic mass is 14.9. The predicted molar refractivity (Wildman–Crippen MR) is 63.6 cm³/mol. The van der Waals surface area contributed by atoms with E-state index in [1.807, 2.05) is 0 Å². The van der Waals surface area contributed by atoms with Crippen molar-refractivity contribution in [3.8, 4) is 0 Å². The molecule has 0 spiro atoms. The van der Waals surface area contributed by atoms with Crippen molar-refractivity contribution in [1.29, 1.82) is 0 Å². The summed E-state index contributed by atoms with van der Waals surface area (Å²) in [6.07, 6.45) is 0. The van der Waals surface area contributed by atoms with Gasteiger partial charge in [-0.15, -0.1) is 0 Å². The van der Waals surface area contributed by atoms with Crippen LogP contribution in [-0.4, -0.2) is 11.8 Å². The molecule has 0 unspecified atom stereocenters. The second-order valence-electron chi connectivity index (χ2n) is 3.87. The van der Waals surface area contributed by atoms with Gasteiger partial charge in [-0.2, -0.15) is 0 Å². The Morgan fingerprint density at radius 1 is 1.21 bits per heavy atom. The molecule has 0 saturated carbocycles. The largest absolute Gasteiger partial charge is 0.349 e. The molecule has 2 aromatic rings. The molecule has 1 nitrogen and oxygen atoms in total. The Labute approximate surface area is 86.0 Å². The maximum atomic E-state index is 2.26. The van der Waals surface area contributed by atoms with Crippen LogP contribution < -0.4 is 5.46 Å². The standard InChI is InChI=1S/C12H15BN/c1-8-5-6-11-10(7-8)12(13-3)9(2)14(11)4/h5-7H,1-4H3. The van der Waals surface area contributed by atoms with Crippen LogP contribution in [0, 0.1) is 13.8 Å². The van der Waals surface area contributed by atoms with Crippen molar-refractivity contribution in [2.75, 3.05) is 0 Å². The lowest BCUT2D eigenvalue weighted by molar-refractivity contribution is 0.922. The van der Waals surface area contributed by atoms with E-state index in [1.54, 1.807) is 0 Å². The smallest absolute Gasteiger partial charge is 0.151 e. The summed E-state index contributed by atoms with van der Waals surface area (Å²) in [6, 6.07) is 6.63. The van der Waals surface area contributed by atoms with E-state index < -0.39 is 0 Å². The zero-order valence-electron chi connectivity index (χ0n) is 9.26. The zero-order valence-corrected chi connectivity index (χ0v) is 9.26. The molecule has 71 valence electrons. The molecule has 0 amide bonds. The average molecular weight is 184 g/mol. The maximum absolute atomic E-state index is 2.26. The minimum Gasteiger partial charge on any atom is -0.349 e. The quantitative estimate of drug-likeness (QED) is 0.598. The van der Waals surface area contributed by atoms with E-state index in [0.717, 1.165) is 0 Å².